The molecule has 1 aliphatic rings. The van der Waals surface area contributed by atoms with E-state index in [-0.39, 0.29) is 18.0 Å². The predicted octanol–water partition coefficient (Wildman–Crippen LogP) is 9.36. The summed E-state index contributed by atoms with van der Waals surface area (Å²) in [5.41, 5.74) is 22.5. The van der Waals surface area contributed by atoms with Crippen molar-refractivity contribution in [2.24, 2.45) is 0 Å². The molecular formula is C44H50B2S2. The first-order valence-corrected chi connectivity index (χ1v) is 19.2. The van der Waals surface area contributed by atoms with Gasteiger partial charge in [-0.1, -0.05) is 149 Å². The second kappa shape index (κ2) is 13.3. The second-order valence-electron chi connectivity index (χ2n) is 14.9. The summed E-state index contributed by atoms with van der Waals surface area (Å²) in [5.74, 6) is 0. The Hall–Kier alpha value is -3.20. The first-order valence-electron chi connectivity index (χ1n) is 17.5. The summed E-state index contributed by atoms with van der Waals surface area (Å²) in [5, 5.41) is 2.23. The molecule has 0 aliphatic carbocycles. The average Bonchev–Trinajstić information content (AvgIpc) is 3.65. The molecule has 244 valence electrons. The fourth-order valence-electron chi connectivity index (χ4n) is 9.48. The van der Waals surface area contributed by atoms with Crippen molar-refractivity contribution in [3.63, 3.8) is 0 Å². The number of rotatable bonds is 7. The molecule has 0 unspecified atom stereocenters. The molecule has 0 N–H and O–H groups in total. The number of thioether (sulfide) groups is 1. The highest BCUT2D eigenvalue weighted by Gasteiger charge is 2.57. The van der Waals surface area contributed by atoms with E-state index >= 15 is 0 Å². The van der Waals surface area contributed by atoms with E-state index in [0.29, 0.717) is 0 Å². The number of aryl methyl sites for hydroxylation is 12. The summed E-state index contributed by atoms with van der Waals surface area (Å²) in [6.07, 6.45) is 3.57. The van der Waals surface area contributed by atoms with Gasteiger partial charge in [0, 0.05) is 14.3 Å². The Bertz CT molecular complexity index is 1740. The maximum atomic E-state index is 2.59. The third kappa shape index (κ3) is 6.09. The largest absolute Gasteiger partial charge is 0.220 e. The Balaban J connectivity index is 1.82. The third-order valence-corrected chi connectivity index (χ3v) is 13.4. The number of thiophene rings is 1. The molecule has 0 saturated carbocycles. The molecule has 0 radical (unpaired) electrons. The van der Waals surface area contributed by atoms with Crippen LogP contribution in [-0.2, 0) is 0 Å². The summed E-state index contributed by atoms with van der Waals surface area (Å²) in [6.45, 7) is 28.2. The van der Waals surface area contributed by atoms with Crippen LogP contribution in [0, 0.1) is 83.1 Å². The van der Waals surface area contributed by atoms with Gasteiger partial charge in [0.25, 0.3) is 0 Å². The van der Waals surface area contributed by atoms with E-state index in [1.807, 2.05) is 11.3 Å². The van der Waals surface area contributed by atoms with E-state index in [4.69, 9.17) is 0 Å². The van der Waals surface area contributed by atoms with E-state index in [1.165, 1.54) is 98.4 Å². The van der Waals surface area contributed by atoms with Crippen molar-refractivity contribution in [2.75, 3.05) is 0 Å². The normalized spacial score (nSPS) is 14.0. The van der Waals surface area contributed by atoms with Crippen molar-refractivity contribution in [1.82, 2.24) is 0 Å². The van der Waals surface area contributed by atoms with Gasteiger partial charge in [-0.25, -0.2) is 0 Å². The molecule has 4 aromatic carbocycles. The molecule has 0 spiro atoms. The van der Waals surface area contributed by atoms with Crippen LogP contribution in [0.15, 0.2) is 72.1 Å². The van der Waals surface area contributed by atoms with Crippen molar-refractivity contribution in [1.29, 1.82) is 0 Å². The Kier molecular flexibility index (Phi) is 9.57. The minimum absolute atomic E-state index is 0.155. The molecule has 1 aliphatic heterocycles. The molecule has 0 saturated heterocycles. The Morgan fingerprint density at radius 3 is 1.06 bits per heavy atom. The number of hydrogen-bond donors (Lipinski definition) is 0. The highest BCUT2D eigenvalue weighted by atomic mass is 32.2. The molecule has 0 amide bonds. The minimum Gasteiger partial charge on any atom is -0.143 e. The maximum absolute atomic E-state index is 2.59. The number of benzene rings is 4. The molecule has 6 rings (SSSR count). The smallest absolute Gasteiger partial charge is 0.143 e. The highest BCUT2D eigenvalue weighted by molar-refractivity contribution is 8.13. The number of allylic oxidation sites excluding steroid dienone is 1. The van der Waals surface area contributed by atoms with Crippen LogP contribution < -0.4 is 21.9 Å². The second-order valence-corrected chi connectivity index (χ2v) is 17.3. The zero-order chi connectivity index (χ0) is 34.7. The van der Waals surface area contributed by atoms with Crippen LogP contribution in [0.2, 0.25) is 0 Å². The summed E-state index contributed by atoms with van der Waals surface area (Å²) < 4.78 is -0.232. The molecular weight excluding hydrogens is 614 g/mol. The van der Waals surface area contributed by atoms with Crippen LogP contribution in [0.1, 0.15) is 78.1 Å². The first-order chi connectivity index (χ1) is 22.7. The fraction of sp³-hybridized carbons (Fsp3) is 0.318. The lowest BCUT2D eigenvalue weighted by Gasteiger charge is -2.45. The topological polar surface area (TPSA) is 0 Å². The average molecular weight is 665 g/mol. The van der Waals surface area contributed by atoms with Gasteiger partial charge >= 0.3 is 0 Å². The van der Waals surface area contributed by atoms with Gasteiger partial charge in [-0.3, -0.25) is 0 Å². The van der Waals surface area contributed by atoms with Crippen LogP contribution in [0.4, 0.5) is 0 Å². The van der Waals surface area contributed by atoms with Crippen molar-refractivity contribution in [3.8, 4) is 0 Å². The summed E-state index contributed by atoms with van der Waals surface area (Å²) in [4.78, 5) is 2.80. The van der Waals surface area contributed by atoms with E-state index < -0.39 is 0 Å². The van der Waals surface area contributed by atoms with Gasteiger partial charge in [0.2, 0.25) is 13.4 Å². The van der Waals surface area contributed by atoms with Crippen LogP contribution >= 0.6 is 23.1 Å². The predicted molar refractivity (Wildman–Crippen MR) is 220 cm³/mol. The van der Waals surface area contributed by atoms with E-state index in [0.717, 1.165) is 6.42 Å². The van der Waals surface area contributed by atoms with Gasteiger partial charge in [-0.15, -0.1) is 23.1 Å². The lowest BCUT2D eigenvalue weighted by atomic mass is 9.13. The van der Waals surface area contributed by atoms with Gasteiger partial charge in [-0.05, 0) is 101 Å². The SMILES string of the molecule is Cc1cc(C)c(B(c2c(C)cc(C)cc2C)C2(B(c3c(C)cc(C)cc3C)c3c(C)cc(C)cc3C)CC=C(c3cccs3)S2)c(C)c1. The lowest BCUT2D eigenvalue weighted by Crippen LogP contribution is -2.73. The van der Waals surface area contributed by atoms with Crippen molar-refractivity contribution >= 4 is 63.3 Å². The highest BCUT2D eigenvalue weighted by Crippen LogP contribution is 2.51. The first kappa shape index (κ1) is 34.7. The molecule has 1 aromatic heterocycles. The lowest BCUT2D eigenvalue weighted by molar-refractivity contribution is 1.06. The van der Waals surface area contributed by atoms with Gasteiger partial charge in [-0.2, -0.15) is 0 Å². The molecule has 0 atom stereocenters. The molecule has 5 aromatic rings. The molecule has 2 heterocycles. The van der Waals surface area contributed by atoms with Gasteiger partial charge in [0.05, 0.1) is 0 Å². The Labute approximate surface area is 299 Å². The zero-order valence-electron chi connectivity index (χ0n) is 31.1. The third-order valence-electron chi connectivity index (χ3n) is 10.8. The molecule has 0 bridgehead atoms. The quantitative estimate of drug-likeness (QED) is 0.156. The molecule has 0 fully saturated rings. The molecule has 4 heteroatoms. The minimum atomic E-state index is -0.232. The van der Waals surface area contributed by atoms with Crippen molar-refractivity contribution < 1.29 is 0 Å². The van der Waals surface area contributed by atoms with E-state index in [9.17, 15) is 0 Å². The Morgan fingerprint density at radius 1 is 0.479 bits per heavy atom. The molecule has 0 nitrogen and oxygen atoms in total. The van der Waals surface area contributed by atoms with Crippen molar-refractivity contribution in [3.05, 3.63) is 144 Å². The maximum Gasteiger partial charge on any atom is 0.220 e. The summed E-state index contributed by atoms with van der Waals surface area (Å²) in [6, 6.07) is 23.9. The zero-order valence-corrected chi connectivity index (χ0v) is 32.7. The monoisotopic (exact) mass is 664 g/mol. The summed E-state index contributed by atoms with van der Waals surface area (Å²) >= 11 is 4.04. The summed E-state index contributed by atoms with van der Waals surface area (Å²) in [7, 11) is 0. The molecule has 48 heavy (non-hydrogen) atoms. The van der Waals surface area contributed by atoms with Crippen LogP contribution in [0.5, 0.6) is 0 Å². The van der Waals surface area contributed by atoms with Crippen LogP contribution in [0.3, 0.4) is 0 Å². The van der Waals surface area contributed by atoms with Gasteiger partial charge < -0.3 is 0 Å². The van der Waals surface area contributed by atoms with Crippen LogP contribution in [0.25, 0.3) is 4.91 Å². The van der Waals surface area contributed by atoms with E-state index in [1.54, 1.807) is 0 Å². The van der Waals surface area contributed by atoms with Crippen LogP contribution in [-0.4, -0.2) is 18.0 Å². The van der Waals surface area contributed by atoms with Gasteiger partial charge in [0.15, 0.2) is 0 Å². The standard InChI is InChI=1S/C44H50B2S2/c1-26-18-30(5)40(31(6)19-26)45(41-32(7)20-27(2)21-33(41)8)44(16-15-39(48-44)38-14-13-17-47-38)46(42-34(9)22-28(3)23-35(42)10)43-36(11)24-29(4)25-37(43)12/h13-15,17-25H,16H2,1-12H3. The Morgan fingerprint density at radius 2 is 0.792 bits per heavy atom. The van der Waals surface area contributed by atoms with Gasteiger partial charge in [0.1, 0.15) is 0 Å². The van der Waals surface area contributed by atoms with E-state index in [2.05, 4.69) is 167 Å². The fourth-order valence-corrected chi connectivity index (χ4v) is 12.0. The number of hydrogen-bond acceptors (Lipinski definition) is 2. The van der Waals surface area contributed by atoms with Crippen molar-refractivity contribution in [2.45, 2.75) is 94.1 Å².